The summed E-state index contributed by atoms with van der Waals surface area (Å²) >= 11 is 0. The fourth-order valence-corrected chi connectivity index (χ4v) is 3.63. The third-order valence-corrected chi connectivity index (χ3v) is 5.55. The number of alkyl carbamates (subject to hydrolysis) is 1. The second kappa shape index (κ2) is 10.9. The predicted octanol–water partition coefficient (Wildman–Crippen LogP) is 2.17. The van der Waals surface area contributed by atoms with E-state index in [9.17, 15) is 22.8 Å². The van der Waals surface area contributed by atoms with E-state index in [2.05, 4.69) is 20.9 Å². The highest BCUT2D eigenvalue weighted by atomic mass is 32.2. The van der Waals surface area contributed by atoms with Gasteiger partial charge in [0.15, 0.2) is 0 Å². The first kappa shape index (κ1) is 26.5. The highest BCUT2D eigenvalue weighted by Gasteiger charge is 2.22. The fourth-order valence-electron chi connectivity index (χ4n) is 2.53. The van der Waals surface area contributed by atoms with Crippen molar-refractivity contribution >= 4 is 33.6 Å². The number of nitrogens with one attached hydrogen (secondary N) is 4. The number of benzene rings is 2. The number of hydrogen-bond acceptors (Lipinski definition) is 7. The maximum atomic E-state index is 12.7. The van der Waals surface area contributed by atoms with Crippen molar-refractivity contribution in [2.45, 2.75) is 44.2 Å². The molecule has 0 aliphatic heterocycles. The van der Waals surface area contributed by atoms with Crippen LogP contribution in [0.3, 0.4) is 0 Å². The maximum Gasteiger partial charge on any atom is 0.408 e. The van der Waals surface area contributed by atoms with Crippen molar-refractivity contribution in [1.29, 1.82) is 0 Å². The molecule has 12 heteroatoms. The fraction of sp³-hybridized carbons (Fsp3) is 0.318. The van der Waals surface area contributed by atoms with E-state index >= 15 is 0 Å². The van der Waals surface area contributed by atoms with Crippen molar-refractivity contribution in [2.75, 3.05) is 11.8 Å². The Hall–Kier alpha value is -3.80. The van der Waals surface area contributed by atoms with Gasteiger partial charge in [0, 0.05) is 11.3 Å². The minimum Gasteiger partial charge on any atom is -0.497 e. The summed E-state index contributed by atoms with van der Waals surface area (Å²) in [5.41, 5.74) is 3.93. The first-order chi connectivity index (χ1) is 15.8. The second-order valence-corrected chi connectivity index (χ2v) is 9.86. The van der Waals surface area contributed by atoms with Crippen LogP contribution in [0.4, 0.5) is 10.5 Å². The lowest BCUT2D eigenvalue weighted by Crippen LogP contribution is -2.51. The van der Waals surface area contributed by atoms with Gasteiger partial charge in [0.05, 0.1) is 12.0 Å². The molecule has 0 aliphatic carbocycles. The van der Waals surface area contributed by atoms with Crippen LogP contribution in [0.2, 0.25) is 0 Å². The molecule has 0 aromatic heterocycles. The molecule has 0 aliphatic rings. The quantitative estimate of drug-likeness (QED) is 0.432. The molecule has 2 rings (SSSR count). The molecule has 34 heavy (non-hydrogen) atoms. The van der Waals surface area contributed by atoms with Crippen molar-refractivity contribution in [3.63, 3.8) is 0 Å². The predicted molar refractivity (Wildman–Crippen MR) is 125 cm³/mol. The van der Waals surface area contributed by atoms with E-state index in [0.29, 0.717) is 11.4 Å². The van der Waals surface area contributed by atoms with Gasteiger partial charge in [-0.05, 0) is 70.2 Å². The molecule has 0 spiro atoms. The molecule has 0 fully saturated rings. The Bertz CT molecular complexity index is 1140. The Morgan fingerprint density at radius 1 is 0.971 bits per heavy atom. The normalized spacial score (nSPS) is 12.1. The highest BCUT2D eigenvalue weighted by Crippen LogP contribution is 2.20. The summed E-state index contributed by atoms with van der Waals surface area (Å²) in [5.74, 6) is -0.886. The van der Waals surface area contributed by atoms with Crippen LogP contribution < -0.4 is 25.6 Å². The standard InChI is InChI=1S/C22H28N4O7S/c1-14(23-21(29)33-22(2,3)4)19(27)24-25-20(28)15-7-6-8-18(13-15)34(30,31)26-16-9-11-17(32-5)12-10-16/h6-14,26H,1-5H3,(H,23,29)(H,24,27)(H,25,28)/t14-/m1/s1. The minimum atomic E-state index is -3.98. The number of sulfonamides is 1. The summed E-state index contributed by atoms with van der Waals surface area (Å²) in [4.78, 5) is 36.2. The summed E-state index contributed by atoms with van der Waals surface area (Å²) in [6.07, 6.45) is -0.788. The summed E-state index contributed by atoms with van der Waals surface area (Å²) < 4.78 is 37.9. The zero-order valence-electron chi connectivity index (χ0n) is 19.5. The molecule has 0 saturated heterocycles. The van der Waals surface area contributed by atoms with Crippen molar-refractivity contribution in [3.8, 4) is 5.75 Å². The highest BCUT2D eigenvalue weighted by molar-refractivity contribution is 7.92. The minimum absolute atomic E-state index is 0.00865. The number of rotatable bonds is 7. The Morgan fingerprint density at radius 2 is 1.62 bits per heavy atom. The third-order valence-electron chi connectivity index (χ3n) is 4.17. The SMILES string of the molecule is COc1ccc(NS(=O)(=O)c2cccc(C(=O)NNC(=O)[C@@H](C)NC(=O)OC(C)(C)C)c2)cc1. The van der Waals surface area contributed by atoms with Gasteiger partial charge in [0.1, 0.15) is 17.4 Å². The van der Waals surface area contributed by atoms with Crippen LogP contribution in [0.25, 0.3) is 0 Å². The Labute approximate surface area is 198 Å². The van der Waals surface area contributed by atoms with Gasteiger partial charge in [-0.1, -0.05) is 6.07 Å². The van der Waals surface area contributed by atoms with Crippen molar-refractivity contribution in [3.05, 3.63) is 54.1 Å². The molecule has 0 radical (unpaired) electrons. The molecule has 11 nitrogen and oxygen atoms in total. The Kier molecular flexibility index (Phi) is 8.46. The molecule has 2 aromatic carbocycles. The zero-order chi connectivity index (χ0) is 25.5. The molecule has 0 bridgehead atoms. The molecule has 184 valence electrons. The van der Waals surface area contributed by atoms with E-state index in [1.54, 1.807) is 32.9 Å². The smallest absolute Gasteiger partial charge is 0.408 e. The van der Waals surface area contributed by atoms with Crippen LogP contribution in [0.5, 0.6) is 5.75 Å². The third kappa shape index (κ3) is 7.96. The Balaban J connectivity index is 1.99. The number of anilines is 1. The van der Waals surface area contributed by atoms with E-state index in [1.807, 2.05) is 0 Å². The summed E-state index contributed by atoms with van der Waals surface area (Å²) in [5, 5.41) is 2.34. The van der Waals surface area contributed by atoms with Crippen LogP contribution in [0, 0.1) is 0 Å². The summed E-state index contributed by atoms with van der Waals surface area (Å²) in [6.45, 7) is 6.44. The summed E-state index contributed by atoms with van der Waals surface area (Å²) in [6, 6.07) is 10.5. The lowest BCUT2D eigenvalue weighted by molar-refractivity contribution is -0.123. The number of carbonyl (C=O) groups excluding carboxylic acids is 3. The van der Waals surface area contributed by atoms with Gasteiger partial charge in [-0.25, -0.2) is 13.2 Å². The molecule has 1 atom stereocenters. The zero-order valence-corrected chi connectivity index (χ0v) is 20.3. The number of carbonyl (C=O) groups is 3. The lowest BCUT2D eigenvalue weighted by atomic mass is 10.2. The average molecular weight is 493 g/mol. The molecule has 4 N–H and O–H groups in total. The second-order valence-electron chi connectivity index (χ2n) is 8.17. The van der Waals surface area contributed by atoms with Crippen molar-refractivity contribution < 1.29 is 32.3 Å². The van der Waals surface area contributed by atoms with Gasteiger partial charge >= 0.3 is 6.09 Å². The molecule has 0 heterocycles. The van der Waals surface area contributed by atoms with Gasteiger partial charge in [-0.15, -0.1) is 0 Å². The number of methoxy groups -OCH3 is 1. The van der Waals surface area contributed by atoms with E-state index in [0.717, 1.165) is 6.07 Å². The topological polar surface area (TPSA) is 152 Å². The monoisotopic (exact) mass is 492 g/mol. The first-order valence-electron chi connectivity index (χ1n) is 10.2. The van der Waals surface area contributed by atoms with Gasteiger partial charge in [-0.2, -0.15) is 0 Å². The van der Waals surface area contributed by atoms with Gasteiger partial charge in [-0.3, -0.25) is 25.2 Å². The van der Waals surface area contributed by atoms with Crippen LogP contribution >= 0.6 is 0 Å². The van der Waals surface area contributed by atoms with E-state index in [4.69, 9.17) is 9.47 Å². The average Bonchev–Trinajstić information content (AvgIpc) is 2.76. The molecule has 2 aromatic rings. The van der Waals surface area contributed by atoms with Gasteiger partial charge in [0.2, 0.25) is 0 Å². The van der Waals surface area contributed by atoms with E-state index in [-0.39, 0.29) is 10.5 Å². The molecular formula is C22H28N4O7S. The molecule has 0 unspecified atom stereocenters. The number of hydrazine groups is 1. The lowest BCUT2D eigenvalue weighted by Gasteiger charge is -2.21. The number of ether oxygens (including phenoxy) is 2. The first-order valence-corrected chi connectivity index (χ1v) is 11.7. The van der Waals surface area contributed by atoms with Gasteiger partial charge in [0.25, 0.3) is 21.8 Å². The summed E-state index contributed by atoms with van der Waals surface area (Å²) in [7, 11) is -2.49. The number of hydrogen-bond donors (Lipinski definition) is 4. The van der Waals surface area contributed by atoms with E-state index in [1.165, 1.54) is 44.4 Å². The van der Waals surface area contributed by atoms with Gasteiger partial charge < -0.3 is 14.8 Å². The number of amides is 3. The van der Waals surface area contributed by atoms with Crippen molar-refractivity contribution in [1.82, 2.24) is 16.2 Å². The van der Waals surface area contributed by atoms with Crippen LogP contribution in [0.15, 0.2) is 53.4 Å². The van der Waals surface area contributed by atoms with Crippen molar-refractivity contribution in [2.24, 2.45) is 0 Å². The largest absolute Gasteiger partial charge is 0.497 e. The molecular weight excluding hydrogens is 464 g/mol. The maximum absolute atomic E-state index is 12.7. The van der Waals surface area contributed by atoms with E-state index < -0.39 is 39.6 Å². The van der Waals surface area contributed by atoms with Crippen LogP contribution in [0.1, 0.15) is 38.1 Å². The Morgan fingerprint density at radius 3 is 2.21 bits per heavy atom. The van der Waals surface area contributed by atoms with Crippen LogP contribution in [-0.2, 0) is 19.6 Å². The molecule has 3 amide bonds. The van der Waals surface area contributed by atoms with Crippen LogP contribution in [-0.4, -0.2) is 45.1 Å². The molecule has 0 saturated carbocycles.